The lowest BCUT2D eigenvalue weighted by molar-refractivity contribution is 0.374. The predicted octanol–water partition coefficient (Wildman–Crippen LogP) is 2.92. The Morgan fingerprint density at radius 1 is 1.28 bits per heavy atom. The summed E-state index contributed by atoms with van der Waals surface area (Å²) in [5, 5.41) is 7.58. The van der Waals surface area contributed by atoms with Gasteiger partial charge < -0.3 is 5.32 Å². The quantitative estimate of drug-likeness (QED) is 0.901. The summed E-state index contributed by atoms with van der Waals surface area (Å²) >= 11 is 0. The molecule has 3 rings (SSSR count). The summed E-state index contributed by atoms with van der Waals surface area (Å²) in [5.74, 6) is 0.392. The van der Waals surface area contributed by atoms with Crippen molar-refractivity contribution in [3.63, 3.8) is 0 Å². The maximum atomic E-state index is 12.8. The van der Waals surface area contributed by atoms with E-state index in [9.17, 15) is 4.39 Å². The first-order valence-corrected chi connectivity index (χ1v) is 6.21. The molecule has 1 saturated carbocycles. The third kappa shape index (κ3) is 2.23. The van der Waals surface area contributed by atoms with E-state index < -0.39 is 0 Å². The van der Waals surface area contributed by atoms with Crippen molar-refractivity contribution in [1.82, 2.24) is 9.78 Å². The molecule has 0 unspecified atom stereocenters. The molecule has 1 aliphatic rings. The van der Waals surface area contributed by atoms with Crippen LogP contribution in [-0.2, 0) is 7.05 Å². The van der Waals surface area contributed by atoms with Crippen LogP contribution in [0, 0.1) is 5.82 Å². The van der Waals surface area contributed by atoms with Crippen LogP contribution in [-0.4, -0.2) is 15.8 Å². The number of halogens is 1. The van der Waals surface area contributed by atoms with E-state index in [1.807, 2.05) is 31.6 Å². The summed E-state index contributed by atoms with van der Waals surface area (Å²) in [6.07, 6.45) is 6.01. The van der Waals surface area contributed by atoms with E-state index in [-0.39, 0.29) is 5.82 Å². The molecule has 1 N–H and O–H groups in total. The number of aryl methyl sites for hydroxylation is 1. The van der Waals surface area contributed by atoms with Gasteiger partial charge in [-0.25, -0.2) is 4.39 Å². The summed E-state index contributed by atoms with van der Waals surface area (Å²) in [6, 6.07) is 7.36. The lowest BCUT2D eigenvalue weighted by Crippen LogP contribution is -2.33. The van der Waals surface area contributed by atoms with Crippen molar-refractivity contribution in [2.75, 3.05) is 5.32 Å². The van der Waals surface area contributed by atoms with Crippen LogP contribution in [0.25, 0.3) is 0 Å². The minimum Gasteiger partial charge on any atom is -0.380 e. The van der Waals surface area contributed by atoms with Gasteiger partial charge in [-0.15, -0.1) is 0 Å². The van der Waals surface area contributed by atoms with E-state index in [2.05, 4.69) is 10.4 Å². The molecule has 0 saturated heterocycles. The van der Waals surface area contributed by atoms with Crippen LogP contribution in [0.4, 0.5) is 10.1 Å². The highest BCUT2D eigenvalue weighted by atomic mass is 19.1. The summed E-state index contributed by atoms with van der Waals surface area (Å²) < 4.78 is 14.6. The number of nitrogens with zero attached hydrogens (tertiary/aromatic N) is 2. The Labute approximate surface area is 106 Å². The average Bonchev–Trinajstić information content (AvgIpc) is 2.71. The van der Waals surface area contributed by atoms with Crippen LogP contribution < -0.4 is 5.32 Å². The number of hydrogen-bond acceptors (Lipinski definition) is 2. The summed E-state index contributed by atoms with van der Waals surface area (Å²) in [5.41, 5.74) is 2.31. The van der Waals surface area contributed by atoms with Crippen molar-refractivity contribution >= 4 is 5.69 Å². The number of rotatable bonds is 3. The fourth-order valence-corrected chi connectivity index (χ4v) is 2.47. The van der Waals surface area contributed by atoms with Crippen molar-refractivity contribution < 1.29 is 4.39 Å². The second-order valence-electron chi connectivity index (χ2n) is 4.96. The van der Waals surface area contributed by atoms with E-state index >= 15 is 0 Å². The van der Waals surface area contributed by atoms with Gasteiger partial charge in [-0.05, 0) is 36.5 Å². The monoisotopic (exact) mass is 245 g/mol. The zero-order chi connectivity index (χ0) is 12.5. The fraction of sp³-hybridized carbons (Fsp3) is 0.357. The lowest BCUT2D eigenvalue weighted by Gasteiger charge is -2.36. The molecule has 0 spiro atoms. The Kier molecular flexibility index (Phi) is 2.78. The Hall–Kier alpha value is -1.84. The number of hydrogen-bond donors (Lipinski definition) is 1. The molecule has 2 aromatic rings. The van der Waals surface area contributed by atoms with Crippen molar-refractivity contribution in [3.8, 4) is 0 Å². The highest BCUT2D eigenvalue weighted by Gasteiger charge is 2.30. The highest BCUT2D eigenvalue weighted by Crippen LogP contribution is 2.38. The third-order valence-electron chi connectivity index (χ3n) is 3.56. The van der Waals surface area contributed by atoms with Gasteiger partial charge in [0.1, 0.15) is 5.82 Å². The third-order valence-corrected chi connectivity index (χ3v) is 3.56. The molecule has 4 heteroatoms. The van der Waals surface area contributed by atoms with Gasteiger partial charge in [0.15, 0.2) is 0 Å². The second-order valence-corrected chi connectivity index (χ2v) is 4.96. The van der Waals surface area contributed by atoms with Gasteiger partial charge in [0.25, 0.3) is 0 Å². The van der Waals surface area contributed by atoms with Gasteiger partial charge in [0.05, 0.1) is 11.9 Å². The fourth-order valence-electron chi connectivity index (χ4n) is 2.47. The normalized spacial score (nSPS) is 22.6. The molecule has 94 valence electrons. The lowest BCUT2D eigenvalue weighted by atomic mass is 9.76. The number of anilines is 1. The molecule has 1 aromatic heterocycles. The van der Waals surface area contributed by atoms with Gasteiger partial charge in [0, 0.05) is 19.3 Å². The van der Waals surface area contributed by atoms with Crippen LogP contribution in [0.1, 0.15) is 24.3 Å². The molecular formula is C14H16FN3. The minimum absolute atomic E-state index is 0.164. The number of nitrogens with one attached hydrogen (secondary N) is 1. The first kappa shape index (κ1) is 11.3. The zero-order valence-corrected chi connectivity index (χ0v) is 10.3. The molecule has 18 heavy (non-hydrogen) atoms. The molecule has 0 amide bonds. The molecule has 0 aliphatic heterocycles. The van der Waals surface area contributed by atoms with Gasteiger partial charge >= 0.3 is 0 Å². The Morgan fingerprint density at radius 2 is 2.00 bits per heavy atom. The van der Waals surface area contributed by atoms with Gasteiger partial charge in [-0.2, -0.15) is 5.10 Å². The van der Waals surface area contributed by atoms with Gasteiger partial charge in [0.2, 0.25) is 0 Å². The molecule has 1 heterocycles. The first-order chi connectivity index (χ1) is 8.70. The summed E-state index contributed by atoms with van der Waals surface area (Å²) in [6.45, 7) is 0. The maximum absolute atomic E-state index is 12.8. The maximum Gasteiger partial charge on any atom is 0.123 e. The molecule has 3 nitrogen and oxygen atoms in total. The van der Waals surface area contributed by atoms with Crippen molar-refractivity contribution in [3.05, 3.63) is 48.0 Å². The summed E-state index contributed by atoms with van der Waals surface area (Å²) in [7, 11) is 1.91. The van der Waals surface area contributed by atoms with E-state index in [0.29, 0.717) is 12.0 Å². The van der Waals surface area contributed by atoms with Crippen LogP contribution in [0.5, 0.6) is 0 Å². The van der Waals surface area contributed by atoms with E-state index in [0.717, 1.165) is 18.5 Å². The molecular weight excluding hydrogens is 229 g/mol. The molecule has 0 radical (unpaired) electrons. The van der Waals surface area contributed by atoms with Crippen molar-refractivity contribution in [2.45, 2.75) is 24.8 Å². The van der Waals surface area contributed by atoms with Crippen LogP contribution in [0.3, 0.4) is 0 Å². The Balaban J connectivity index is 1.55. The van der Waals surface area contributed by atoms with Crippen LogP contribution >= 0.6 is 0 Å². The molecule has 0 bridgehead atoms. The number of benzene rings is 1. The minimum atomic E-state index is -0.164. The summed E-state index contributed by atoms with van der Waals surface area (Å²) in [4.78, 5) is 0. The largest absolute Gasteiger partial charge is 0.380 e. The molecule has 0 atom stereocenters. The SMILES string of the molecule is Cn1cc(NC2CC(c3ccc(F)cc3)C2)cn1. The standard InChI is InChI=1S/C14H16FN3/c1-18-9-14(8-16-18)17-13-6-11(7-13)10-2-4-12(15)5-3-10/h2-5,8-9,11,13,17H,6-7H2,1H3. The molecule has 1 fully saturated rings. The van der Waals surface area contributed by atoms with Gasteiger partial charge in [-0.1, -0.05) is 12.1 Å². The number of aromatic nitrogens is 2. The molecule has 1 aliphatic carbocycles. The predicted molar refractivity (Wildman–Crippen MR) is 69.0 cm³/mol. The van der Waals surface area contributed by atoms with Crippen molar-refractivity contribution in [2.24, 2.45) is 7.05 Å². The molecule has 1 aromatic carbocycles. The van der Waals surface area contributed by atoms with E-state index in [1.54, 1.807) is 4.68 Å². The Bertz CT molecular complexity index is 526. The Morgan fingerprint density at radius 3 is 2.61 bits per heavy atom. The van der Waals surface area contributed by atoms with E-state index in [1.165, 1.54) is 17.7 Å². The second kappa shape index (κ2) is 4.44. The van der Waals surface area contributed by atoms with Gasteiger partial charge in [-0.3, -0.25) is 4.68 Å². The van der Waals surface area contributed by atoms with E-state index in [4.69, 9.17) is 0 Å². The van der Waals surface area contributed by atoms with Crippen molar-refractivity contribution in [1.29, 1.82) is 0 Å². The smallest absolute Gasteiger partial charge is 0.123 e. The highest BCUT2D eigenvalue weighted by molar-refractivity contribution is 5.41. The first-order valence-electron chi connectivity index (χ1n) is 6.21. The average molecular weight is 245 g/mol. The van der Waals surface area contributed by atoms with Crippen LogP contribution in [0.15, 0.2) is 36.7 Å². The van der Waals surface area contributed by atoms with Crippen LogP contribution in [0.2, 0.25) is 0 Å². The zero-order valence-electron chi connectivity index (χ0n) is 10.3. The topological polar surface area (TPSA) is 29.9 Å².